The van der Waals surface area contributed by atoms with Crippen LogP contribution in [0.2, 0.25) is 0 Å². The normalized spacial score (nSPS) is 16.0. The van der Waals surface area contributed by atoms with Crippen molar-refractivity contribution < 1.29 is 22.0 Å². The summed E-state index contributed by atoms with van der Waals surface area (Å²) in [4.78, 5) is 16.8. The average Bonchev–Trinajstić information content (AvgIpc) is 3.32. The molecule has 7 nitrogen and oxygen atoms in total. The van der Waals surface area contributed by atoms with Crippen molar-refractivity contribution in [3.63, 3.8) is 0 Å². The summed E-state index contributed by atoms with van der Waals surface area (Å²) in [5, 5.41) is 0. The number of carbonyl (C=O) groups excluding carboxylic acids is 1. The fourth-order valence-electron chi connectivity index (χ4n) is 3.91. The number of carbonyl (C=O) groups is 1. The molecule has 0 radical (unpaired) electrons. The zero-order valence-electron chi connectivity index (χ0n) is 18.1. The number of halogens is 1. The Morgan fingerprint density at radius 2 is 1.67 bits per heavy atom. The van der Waals surface area contributed by atoms with Crippen molar-refractivity contribution in [2.75, 3.05) is 26.2 Å². The molecule has 4 rings (SSSR count). The van der Waals surface area contributed by atoms with Crippen molar-refractivity contribution in [3.05, 3.63) is 90.1 Å². The maximum absolute atomic E-state index is 14.2. The molecule has 2 aromatic carbocycles. The number of sulfonamides is 1. The summed E-state index contributed by atoms with van der Waals surface area (Å²) in [6.07, 6.45) is 1.80. The third kappa shape index (κ3) is 5.87. The number of rotatable bonds is 8. The van der Waals surface area contributed by atoms with Crippen LogP contribution in [0.3, 0.4) is 0 Å². The van der Waals surface area contributed by atoms with Gasteiger partial charge < -0.3 is 9.32 Å². The van der Waals surface area contributed by atoms with E-state index in [1.807, 2.05) is 42.5 Å². The first-order valence-electron chi connectivity index (χ1n) is 10.8. The SMILES string of the molecule is O=C(C(Cc1ccccc1)NS(=O)(=O)c1ccccc1F)N1CCN(Cc2ccco2)CC1. The van der Waals surface area contributed by atoms with E-state index in [-0.39, 0.29) is 12.3 Å². The summed E-state index contributed by atoms with van der Waals surface area (Å²) in [6.45, 7) is 2.87. The first-order valence-corrected chi connectivity index (χ1v) is 12.2. The third-order valence-corrected chi connectivity index (χ3v) is 7.15. The molecule has 174 valence electrons. The molecule has 0 spiro atoms. The van der Waals surface area contributed by atoms with E-state index in [1.54, 1.807) is 11.2 Å². The Kier molecular flexibility index (Phi) is 7.22. The van der Waals surface area contributed by atoms with Crippen LogP contribution in [-0.2, 0) is 27.8 Å². The number of hydrogen-bond donors (Lipinski definition) is 1. The Morgan fingerprint density at radius 3 is 2.33 bits per heavy atom. The molecule has 0 saturated carbocycles. The van der Waals surface area contributed by atoms with Crippen LogP contribution in [-0.4, -0.2) is 56.3 Å². The Morgan fingerprint density at radius 1 is 0.970 bits per heavy atom. The molecule has 1 aliphatic heterocycles. The van der Waals surface area contributed by atoms with Crippen molar-refractivity contribution in [2.24, 2.45) is 0 Å². The second-order valence-electron chi connectivity index (χ2n) is 7.97. The second kappa shape index (κ2) is 10.3. The number of furan rings is 1. The van der Waals surface area contributed by atoms with E-state index in [1.165, 1.54) is 18.2 Å². The maximum Gasteiger partial charge on any atom is 0.244 e. The van der Waals surface area contributed by atoms with Gasteiger partial charge in [-0.2, -0.15) is 4.72 Å². The van der Waals surface area contributed by atoms with Crippen LogP contribution in [0, 0.1) is 5.82 Å². The first kappa shape index (κ1) is 23.2. The Bertz CT molecular complexity index is 1160. The summed E-state index contributed by atoms with van der Waals surface area (Å²) in [5.74, 6) is -0.326. The number of benzene rings is 2. The van der Waals surface area contributed by atoms with Crippen molar-refractivity contribution >= 4 is 15.9 Å². The standard InChI is InChI=1S/C24H26FN3O4S/c25-21-10-4-5-11-23(21)33(30,31)26-22(17-19-7-2-1-3-8-19)24(29)28-14-12-27(13-15-28)18-20-9-6-16-32-20/h1-11,16,22,26H,12-15,17-18H2. The van der Waals surface area contributed by atoms with Crippen LogP contribution in [0.4, 0.5) is 4.39 Å². The van der Waals surface area contributed by atoms with Crippen LogP contribution in [0.1, 0.15) is 11.3 Å². The molecule has 0 aliphatic carbocycles. The van der Waals surface area contributed by atoms with Crippen LogP contribution >= 0.6 is 0 Å². The Hall–Kier alpha value is -3.01. The summed E-state index contributed by atoms with van der Waals surface area (Å²) in [6, 6.07) is 17.0. The lowest BCUT2D eigenvalue weighted by atomic mass is 10.1. The Labute approximate surface area is 192 Å². The maximum atomic E-state index is 14.2. The molecule has 1 amide bonds. The van der Waals surface area contributed by atoms with Gasteiger partial charge in [0.1, 0.15) is 22.5 Å². The molecule has 1 unspecified atom stereocenters. The predicted molar refractivity (Wildman–Crippen MR) is 121 cm³/mol. The quantitative estimate of drug-likeness (QED) is 0.546. The third-order valence-electron chi connectivity index (χ3n) is 5.65. The molecule has 1 N–H and O–H groups in total. The molecule has 33 heavy (non-hydrogen) atoms. The predicted octanol–water partition coefficient (Wildman–Crippen LogP) is 2.65. The summed E-state index contributed by atoms with van der Waals surface area (Å²) in [7, 11) is -4.23. The molecule has 9 heteroatoms. The van der Waals surface area contributed by atoms with Gasteiger partial charge in [0.15, 0.2) is 0 Å². The highest BCUT2D eigenvalue weighted by Crippen LogP contribution is 2.17. The van der Waals surface area contributed by atoms with Crippen LogP contribution in [0.15, 0.2) is 82.3 Å². The second-order valence-corrected chi connectivity index (χ2v) is 9.66. The minimum absolute atomic E-state index is 0.167. The molecule has 1 aromatic heterocycles. The van der Waals surface area contributed by atoms with Crippen LogP contribution in [0.25, 0.3) is 0 Å². The topological polar surface area (TPSA) is 82.9 Å². The molecular weight excluding hydrogens is 445 g/mol. The molecule has 1 aliphatic rings. The lowest BCUT2D eigenvalue weighted by Crippen LogP contribution is -2.55. The zero-order chi connectivity index (χ0) is 23.3. The van der Waals surface area contributed by atoms with E-state index < -0.39 is 26.8 Å². The zero-order valence-corrected chi connectivity index (χ0v) is 18.9. The molecule has 0 bridgehead atoms. The van der Waals surface area contributed by atoms with Crippen LogP contribution < -0.4 is 4.72 Å². The molecule has 1 atom stereocenters. The van der Waals surface area contributed by atoms with Gasteiger partial charge in [-0.05, 0) is 36.2 Å². The van der Waals surface area contributed by atoms with Gasteiger partial charge in [-0.3, -0.25) is 9.69 Å². The number of piperazine rings is 1. The van der Waals surface area contributed by atoms with Gasteiger partial charge in [0, 0.05) is 26.2 Å². The van der Waals surface area contributed by atoms with Crippen molar-refractivity contribution in [1.29, 1.82) is 0 Å². The lowest BCUT2D eigenvalue weighted by molar-refractivity contribution is -0.134. The van der Waals surface area contributed by atoms with E-state index >= 15 is 0 Å². The van der Waals surface area contributed by atoms with E-state index in [0.29, 0.717) is 32.7 Å². The molecular formula is C24H26FN3O4S. The fraction of sp³-hybridized carbons (Fsp3) is 0.292. The largest absolute Gasteiger partial charge is 0.468 e. The highest BCUT2D eigenvalue weighted by atomic mass is 32.2. The lowest BCUT2D eigenvalue weighted by Gasteiger charge is -2.36. The average molecular weight is 472 g/mol. The number of hydrogen-bond acceptors (Lipinski definition) is 5. The van der Waals surface area contributed by atoms with Gasteiger partial charge in [-0.15, -0.1) is 0 Å². The summed E-state index contributed by atoms with van der Waals surface area (Å²) < 4.78 is 47.9. The van der Waals surface area contributed by atoms with Gasteiger partial charge in [-0.1, -0.05) is 42.5 Å². The van der Waals surface area contributed by atoms with E-state index in [2.05, 4.69) is 9.62 Å². The number of nitrogens with zero attached hydrogens (tertiary/aromatic N) is 2. The van der Waals surface area contributed by atoms with Gasteiger partial charge in [0.05, 0.1) is 12.8 Å². The van der Waals surface area contributed by atoms with E-state index in [9.17, 15) is 17.6 Å². The van der Waals surface area contributed by atoms with Gasteiger partial charge in [0.2, 0.25) is 15.9 Å². The van der Waals surface area contributed by atoms with Gasteiger partial charge in [0.25, 0.3) is 0 Å². The Balaban J connectivity index is 1.48. The van der Waals surface area contributed by atoms with Gasteiger partial charge >= 0.3 is 0 Å². The van der Waals surface area contributed by atoms with Gasteiger partial charge in [-0.25, -0.2) is 12.8 Å². The molecule has 2 heterocycles. The van der Waals surface area contributed by atoms with Crippen molar-refractivity contribution in [2.45, 2.75) is 23.9 Å². The minimum Gasteiger partial charge on any atom is -0.468 e. The van der Waals surface area contributed by atoms with E-state index in [0.717, 1.165) is 17.4 Å². The highest BCUT2D eigenvalue weighted by Gasteiger charge is 2.32. The molecule has 1 saturated heterocycles. The molecule has 3 aromatic rings. The summed E-state index contributed by atoms with van der Waals surface area (Å²) >= 11 is 0. The monoisotopic (exact) mass is 471 g/mol. The first-order chi connectivity index (χ1) is 15.9. The van der Waals surface area contributed by atoms with Crippen molar-refractivity contribution in [3.8, 4) is 0 Å². The van der Waals surface area contributed by atoms with Crippen molar-refractivity contribution in [1.82, 2.24) is 14.5 Å². The number of nitrogens with one attached hydrogen (secondary N) is 1. The highest BCUT2D eigenvalue weighted by molar-refractivity contribution is 7.89. The fourth-order valence-corrected chi connectivity index (χ4v) is 5.18. The van der Waals surface area contributed by atoms with E-state index in [4.69, 9.17) is 4.42 Å². The summed E-state index contributed by atoms with van der Waals surface area (Å²) in [5.41, 5.74) is 0.809. The van der Waals surface area contributed by atoms with Crippen LogP contribution in [0.5, 0.6) is 0 Å². The molecule has 1 fully saturated rings. The number of amides is 1. The smallest absolute Gasteiger partial charge is 0.244 e. The minimum atomic E-state index is -4.23.